The van der Waals surface area contributed by atoms with Crippen molar-refractivity contribution < 1.29 is 4.74 Å². The molecule has 23 heavy (non-hydrogen) atoms. The fraction of sp³-hybridized carbons (Fsp3) is 0.111. The molecule has 0 saturated carbocycles. The van der Waals surface area contributed by atoms with Crippen LogP contribution in [0.1, 0.15) is 11.3 Å². The van der Waals surface area contributed by atoms with Gasteiger partial charge < -0.3 is 4.74 Å². The predicted octanol–water partition coefficient (Wildman–Crippen LogP) is 4.98. The van der Waals surface area contributed by atoms with E-state index in [-0.39, 0.29) is 0 Å². The molecule has 3 aromatic rings. The van der Waals surface area contributed by atoms with Crippen LogP contribution in [0.15, 0.2) is 58.8 Å². The maximum absolute atomic E-state index is 8.81. The Balaban J connectivity index is 1.68. The quantitative estimate of drug-likeness (QED) is 0.615. The number of thiazole rings is 1. The fourth-order valence-electron chi connectivity index (χ4n) is 2.04. The van der Waals surface area contributed by atoms with E-state index >= 15 is 0 Å². The first-order valence-electron chi connectivity index (χ1n) is 7.00. The zero-order valence-electron chi connectivity index (χ0n) is 12.5. The molecule has 0 saturated heterocycles. The minimum atomic E-state index is 0.684. The summed E-state index contributed by atoms with van der Waals surface area (Å²) in [6.07, 6.45) is 0. The summed E-state index contributed by atoms with van der Waals surface area (Å²) in [5, 5.41) is 11.9. The summed E-state index contributed by atoms with van der Waals surface area (Å²) in [6, 6.07) is 17.7. The van der Waals surface area contributed by atoms with Gasteiger partial charge in [-0.2, -0.15) is 5.26 Å². The van der Waals surface area contributed by atoms with Crippen LogP contribution in [-0.4, -0.2) is 12.1 Å². The van der Waals surface area contributed by atoms with Gasteiger partial charge in [0.1, 0.15) is 10.8 Å². The number of aromatic nitrogens is 1. The van der Waals surface area contributed by atoms with Crippen LogP contribution in [0, 0.1) is 11.3 Å². The summed E-state index contributed by atoms with van der Waals surface area (Å²) in [7, 11) is 1.67. The minimum absolute atomic E-state index is 0.684. The van der Waals surface area contributed by atoms with Crippen molar-refractivity contribution >= 4 is 23.1 Å². The van der Waals surface area contributed by atoms with Gasteiger partial charge in [-0.15, -0.1) is 23.1 Å². The van der Waals surface area contributed by atoms with Gasteiger partial charge in [0.15, 0.2) is 0 Å². The molecule has 0 aliphatic rings. The second-order valence-corrected chi connectivity index (χ2v) is 6.71. The van der Waals surface area contributed by atoms with Crippen molar-refractivity contribution in [1.82, 2.24) is 4.98 Å². The largest absolute Gasteiger partial charge is 0.497 e. The average Bonchev–Trinajstić information content (AvgIpc) is 3.09. The van der Waals surface area contributed by atoms with Crippen LogP contribution < -0.4 is 4.74 Å². The Kier molecular flexibility index (Phi) is 4.96. The van der Waals surface area contributed by atoms with Crippen LogP contribution in [0.3, 0.4) is 0 Å². The molecule has 1 aromatic heterocycles. The SMILES string of the molecule is COc1cccc(-c2nc(CSc3ccc(C#N)cc3)cs2)c1. The van der Waals surface area contributed by atoms with Crippen LogP contribution in [-0.2, 0) is 5.75 Å². The van der Waals surface area contributed by atoms with E-state index in [4.69, 9.17) is 15.0 Å². The standard InChI is InChI=1S/C18H14N2OS2/c1-21-16-4-2-3-14(9-16)18-20-15(12-23-18)11-22-17-7-5-13(10-19)6-8-17/h2-9,12H,11H2,1H3. The van der Waals surface area contributed by atoms with Crippen LogP contribution >= 0.6 is 23.1 Å². The predicted molar refractivity (Wildman–Crippen MR) is 94.8 cm³/mol. The summed E-state index contributed by atoms with van der Waals surface area (Å²) < 4.78 is 5.26. The molecule has 0 N–H and O–H groups in total. The van der Waals surface area contributed by atoms with Crippen LogP contribution in [0.5, 0.6) is 5.75 Å². The molecule has 0 unspecified atom stereocenters. The number of benzene rings is 2. The van der Waals surface area contributed by atoms with E-state index in [0.29, 0.717) is 5.56 Å². The van der Waals surface area contributed by atoms with Gasteiger partial charge in [-0.3, -0.25) is 0 Å². The molecule has 0 aliphatic carbocycles. The molecule has 0 aliphatic heterocycles. The molecule has 3 nitrogen and oxygen atoms in total. The Morgan fingerprint density at radius 3 is 2.78 bits per heavy atom. The number of nitrogens with zero attached hydrogens (tertiary/aromatic N) is 2. The van der Waals surface area contributed by atoms with Gasteiger partial charge in [0, 0.05) is 21.6 Å². The Morgan fingerprint density at radius 1 is 1.22 bits per heavy atom. The highest BCUT2D eigenvalue weighted by atomic mass is 32.2. The molecule has 0 amide bonds. The summed E-state index contributed by atoms with van der Waals surface area (Å²) in [6.45, 7) is 0. The molecule has 0 spiro atoms. The van der Waals surface area contributed by atoms with Crippen molar-refractivity contribution in [3.05, 3.63) is 65.2 Å². The van der Waals surface area contributed by atoms with E-state index in [9.17, 15) is 0 Å². The van der Waals surface area contributed by atoms with Crippen LogP contribution in [0.4, 0.5) is 0 Å². The lowest BCUT2D eigenvalue weighted by atomic mass is 10.2. The van der Waals surface area contributed by atoms with Gasteiger partial charge in [0.25, 0.3) is 0 Å². The van der Waals surface area contributed by atoms with Gasteiger partial charge in [-0.05, 0) is 36.4 Å². The lowest BCUT2D eigenvalue weighted by Crippen LogP contribution is -1.85. The molecular formula is C18H14N2OS2. The van der Waals surface area contributed by atoms with E-state index in [1.165, 1.54) is 0 Å². The third kappa shape index (κ3) is 3.92. The molecule has 2 aromatic carbocycles. The van der Waals surface area contributed by atoms with Crippen LogP contribution in [0.25, 0.3) is 10.6 Å². The van der Waals surface area contributed by atoms with Crippen molar-refractivity contribution in [1.29, 1.82) is 5.26 Å². The highest BCUT2D eigenvalue weighted by molar-refractivity contribution is 7.98. The number of thioether (sulfide) groups is 1. The monoisotopic (exact) mass is 338 g/mol. The number of methoxy groups -OCH3 is 1. The van der Waals surface area contributed by atoms with E-state index in [2.05, 4.69) is 11.4 Å². The summed E-state index contributed by atoms with van der Waals surface area (Å²) in [4.78, 5) is 5.83. The normalized spacial score (nSPS) is 10.3. The number of hydrogen-bond acceptors (Lipinski definition) is 5. The lowest BCUT2D eigenvalue weighted by molar-refractivity contribution is 0.415. The third-order valence-corrected chi connectivity index (χ3v) is 5.22. The van der Waals surface area contributed by atoms with Gasteiger partial charge in [-0.25, -0.2) is 4.98 Å². The van der Waals surface area contributed by atoms with E-state index in [1.54, 1.807) is 30.2 Å². The second-order valence-electron chi connectivity index (χ2n) is 4.80. The average molecular weight is 338 g/mol. The summed E-state index contributed by atoms with van der Waals surface area (Å²) in [5.41, 5.74) is 2.81. The molecule has 0 fully saturated rings. The third-order valence-electron chi connectivity index (χ3n) is 3.24. The Bertz CT molecular complexity index is 835. The van der Waals surface area contributed by atoms with Gasteiger partial charge in [0.05, 0.1) is 24.4 Å². The van der Waals surface area contributed by atoms with Crippen molar-refractivity contribution in [2.45, 2.75) is 10.6 Å². The molecule has 114 valence electrons. The molecule has 3 rings (SSSR count). The first-order valence-corrected chi connectivity index (χ1v) is 8.87. The van der Waals surface area contributed by atoms with Gasteiger partial charge in [0.2, 0.25) is 0 Å². The molecule has 0 radical (unpaired) electrons. The smallest absolute Gasteiger partial charge is 0.123 e. The lowest BCUT2D eigenvalue weighted by Gasteiger charge is -2.01. The second kappa shape index (κ2) is 7.32. The number of nitriles is 1. The highest BCUT2D eigenvalue weighted by Gasteiger charge is 2.06. The van der Waals surface area contributed by atoms with Crippen LogP contribution in [0.2, 0.25) is 0 Å². The summed E-state index contributed by atoms with van der Waals surface area (Å²) in [5.74, 6) is 1.65. The van der Waals surface area contributed by atoms with Crippen molar-refractivity contribution in [3.63, 3.8) is 0 Å². The van der Waals surface area contributed by atoms with E-state index in [1.807, 2.05) is 48.5 Å². The molecule has 0 atom stereocenters. The van der Waals surface area contributed by atoms with Gasteiger partial charge >= 0.3 is 0 Å². The number of hydrogen-bond donors (Lipinski definition) is 0. The maximum atomic E-state index is 8.81. The number of ether oxygens (including phenoxy) is 1. The van der Waals surface area contributed by atoms with Crippen molar-refractivity contribution in [2.24, 2.45) is 0 Å². The van der Waals surface area contributed by atoms with Crippen molar-refractivity contribution in [3.8, 4) is 22.4 Å². The Hall–Kier alpha value is -2.29. The Labute approximate surface area is 143 Å². The number of rotatable bonds is 5. The highest BCUT2D eigenvalue weighted by Crippen LogP contribution is 2.29. The minimum Gasteiger partial charge on any atom is -0.497 e. The first kappa shape index (κ1) is 15.6. The zero-order valence-corrected chi connectivity index (χ0v) is 14.2. The first-order chi connectivity index (χ1) is 11.3. The topological polar surface area (TPSA) is 45.9 Å². The Morgan fingerprint density at radius 2 is 2.04 bits per heavy atom. The molecular weight excluding hydrogens is 324 g/mol. The van der Waals surface area contributed by atoms with E-state index in [0.717, 1.165) is 32.7 Å². The van der Waals surface area contributed by atoms with Gasteiger partial charge in [-0.1, -0.05) is 12.1 Å². The molecule has 0 bridgehead atoms. The molecule has 1 heterocycles. The fourth-order valence-corrected chi connectivity index (χ4v) is 3.76. The summed E-state index contributed by atoms with van der Waals surface area (Å²) >= 11 is 3.36. The van der Waals surface area contributed by atoms with E-state index < -0.39 is 0 Å². The maximum Gasteiger partial charge on any atom is 0.123 e. The van der Waals surface area contributed by atoms with Crippen molar-refractivity contribution in [2.75, 3.05) is 7.11 Å². The molecule has 5 heteroatoms. The zero-order chi connectivity index (χ0) is 16.1.